The molecule has 0 bridgehead atoms. The predicted octanol–water partition coefficient (Wildman–Crippen LogP) is 3.76. The molecule has 2 heterocycles. The molecule has 170 valence electrons. The highest BCUT2D eigenvalue weighted by Crippen LogP contribution is 2.34. The smallest absolute Gasteiger partial charge is 0.257 e. The van der Waals surface area contributed by atoms with Gasteiger partial charge in [-0.2, -0.15) is 0 Å². The van der Waals surface area contributed by atoms with E-state index in [9.17, 15) is 9.90 Å². The number of terminal acetylenes is 1. The van der Waals surface area contributed by atoms with Gasteiger partial charge in [-0.25, -0.2) is 4.98 Å². The molecule has 2 atom stereocenters. The molecule has 0 saturated carbocycles. The predicted molar refractivity (Wildman–Crippen MR) is 134 cm³/mol. The van der Waals surface area contributed by atoms with Crippen LogP contribution >= 0.6 is 22.9 Å². The van der Waals surface area contributed by atoms with Crippen molar-refractivity contribution in [2.45, 2.75) is 18.4 Å². The number of hydrogen-bond donors (Lipinski definition) is 3. The minimum Gasteiger partial charge on any atom is -0.395 e. The maximum absolute atomic E-state index is 12.8. The van der Waals surface area contributed by atoms with Crippen molar-refractivity contribution in [2.75, 3.05) is 36.5 Å². The number of rotatable bonds is 6. The molecular weight excluding hydrogens is 456 g/mol. The summed E-state index contributed by atoms with van der Waals surface area (Å²) in [5.74, 6) is 2.61. The van der Waals surface area contributed by atoms with Gasteiger partial charge in [-0.3, -0.25) is 10.1 Å². The number of anilines is 2. The van der Waals surface area contributed by atoms with Crippen molar-refractivity contribution < 1.29 is 9.90 Å². The summed E-state index contributed by atoms with van der Waals surface area (Å²) in [5.41, 5.74) is 2.43. The Balaban J connectivity index is 1.45. The Kier molecular flexibility index (Phi) is 7.01. The summed E-state index contributed by atoms with van der Waals surface area (Å²) < 4.78 is 0. The van der Waals surface area contributed by atoms with E-state index >= 15 is 0 Å². The number of piperazine rings is 1. The van der Waals surface area contributed by atoms with Crippen LogP contribution in [0.4, 0.5) is 10.8 Å². The molecule has 8 heteroatoms. The van der Waals surface area contributed by atoms with Crippen LogP contribution in [0.5, 0.6) is 0 Å². The summed E-state index contributed by atoms with van der Waals surface area (Å²) in [4.78, 5) is 19.6. The third-order valence-electron chi connectivity index (χ3n) is 5.92. The van der Waals surface area contributed by atoms with E-state index in [1.54, 1.807) is 24.3 Å². The molecule has 1 amide bonds. The van der Waals surface area contributed by atoms with E-state index < -0.39 is 5.41 Å². The molecule has 33 heavy (non-hydrogen) atoms. The molecule has 3 N–H and O–H groups in total. The first-order valence-electron chi connectivity index (χ1n) is 10.6. The van der Waals surface area contributed by atoms with Gasteiger partial charge in [0.05, 0.1) is 17.7 Å². The fourth-order valence-corrected chi connectivity index (χ4v) is 4.76. The molecule has 1 unspecified atom stereocenters. The van der Waals surface area contributed by atoms with E-state index in [1.807, 2.05) is 36.6 Å². The molecule has 0 spiro atoms. The van der Waals surface area contributed by atoms with Crippen molar-refractivity contribution in [3.8, 4) is 12.3 Å². The minimum atomic E-state index is -0.735. The van der Waals surface area contributed by atoms with Crippen molar-refractivity contribution in [1.29, 1.82) is 0 Å². The lowest BCUT2D eigenvalue weighted by Gasteiger charge is -2.34. The van der Waals surface area contributed by atoms with Gasteiger partial charge in [0.25, 0.3) is 5.91 Å². The number of amides is 1. The number of aliphatic hydroxyl groups is 1. The number of benzene rings is 2. The molecule has 1 aliphatic heterocycles. The van der Waals surface area contributed by atoms with Gasteiger partial charge in [-0.1, -0.05) is 29.7 Å². The van der Waals surface area contributed by atoms with Crippen LogP contribution in [0.3, 0.4) is 0 Å². The Hall–Kier alpha value is -2.89. The van der Waals surface area contributed by atoms with E-state index in [4.69, 9.17) is 18.0 Å². The van der Waals surface area contributed by atoms with E-state index in [1.165, 1.54) is 11.3 Å². The summed E-state index contributed by atoms with van der Waals surface area (Å²) in [6.45, 7) is 4.42. The quantitative estimate of drug-likeness (QED) is 0.468. The topological polar surface area (TPSA) is 77.5 Å². The maximum Gasteiger partial charge on any atom is 0.257 e. The molecule has 3 aromatic rings. The Morgan fingerprint density at radius 1 is 1.33 bits per heavy atom. The molecule has 1 aliphatic rings. The molecular formula is C25H25ClN4O2S. The van der Waals surface area contributed by atoms with Crippen molar-refractivity contribution in [1.82, 2.24) is 10.3 Å². The second-order valence-corrected chi connectivity index (χ2v) is 9.39. The maximum atomic E-state index is 12.8. The molecule has 0 aliphatic carbocycles. The van der Waals surface area contributed by atoms with Crippen LogP contribution in [0.1, 0.15) is 28.5 Å². The highest BCUT2D eigenvalue weighted by molar-refractivity contribution is 7.14. The number of nitrogens with zero attached hydrogens (tertiary/aromatic N) is 2. The number of hydrogen-bond acceptors (Lipinski definition) is 6. The first-order valence-corrected chi connectivity index (χ1v) is 11.9. The zero-order chi connectivity index (χ0) is 23.4. The highest BCUT2D eigenvalue weighted by atomic mass is 35.5. The second-order valence-electron chi connectivity index (χ2n) is 8.09. The summed E-state index contributed by atoms with van der Waals surface area (Å²) in [5, 5.41) is 18.5. The van der Waals surface area contributed by atoms with Crippen LogP contribution < -0.4 is 15.5 Å². The monoisotopic (exact) mass is 480 g/mol. The average molecular weight is 481 g/mol. The van der Waals surface area contributed by atoms with Gasteiger partial charge >= 0.3 is 0 Å². The van der Waals surface area contributed by atoms with Gasteiger partial charge in [-0.05, 0) is 48.9 Å². The van der Waals surface area contributed by atoms with Crippen molar-refractivity contribution >= 4 is 39.7 Å². The molecule has 0 radical (unpaired) electrons. The molecule has 1 aromatic heterocycles. The van der Waals surface area contributed by atoms with Crippen LogP contribution in [0.15, 0.2) is 53.9 Å². The van der Waals surface area contributed by atoms with E-state index in [0.29, 0.717) is 21.4 Å². The number of aromatic nitrogens is 1. The summed E-state index contributed by atoms with van der Waals surface area (Å²) in [7, 11) is 0. The SMILES string of the molecule is C#C[C@@](C)(c1ccc(Cl)cc1)c1csc(NC(=O)c2ccc(N3CCNC(CO)C3)cc2)n1. The molecule has 6 nitrogen and oxygen atoms in total. The lowest BCUT2D eigenvalue weighted by molar-refractivity contribution is 0.102. The number of carbonyl (C=O) groups is 1. The summed E-state index contributed by atoms with van der Waals surface area (Å²) >= 11 is 7.35. The van der Waals surface area contributed by atoms with Crippen molar-refractivity contribution in [2.24, 2.45) is 0 Å². The van der Waals surface area contributed by atoms with Gasteiger partial charge in [0, 0.05) is 47.3 Å². The first-order chi connectivity index (χ1) is 15.9. The lowest BCUT2D eigenvalue weighted by Crippen LogP contribution is -2.52. The Morgan fingerprint density at radius 3 is 2.73 bits per heavy atom. The fourth-order valence-electron chi connectivity index (χ4n) is 3.82. The van der Waals surface area contributed by atoms with Gasteiger partial charge in [0.1, 0.15) is 0 Å². The number of nitrogens with one attached hydrogen (secondary N) is 2. The van der Waals surface area contributed by atoms with Crippen LogP contribution in [-0.4, -0.2) is 48.3 Å². The minimum absolute atomic E-state index is 0.0578. The van der Waals surface area contributed by atoms with Crippen LogP contribution in [0.2, 0.25) is 5.02 Å². The zero-order valence-electron chi connectivity index (χ0n) is 18.2. The number of carbonyl (C=O) groups excluding carboxylic acids is 1. The standard InChI is InChI=1S/C25H25ClN4O2S/c1-3-25(2,18-6-8-19(26)9-7-18)22-16-33-24(28-22)29-23(32)17-4-10-21(11-5-17)30-13-12-27-20(14-30)15-31/h1,4-11,16,20,27,31H,12-15H2,2H3,(H,28,29,32)/t20?,25-/m0/s1. The normalized spacial score (nSPS) is 17.8. The number of aliphatic hydroxyl groups excluding tert-OH is 1. The number of thiazole rings is 1. The Labute approximate surface area is 202 Å². The largest absolute Gasteiger partial charge is 0.395 e. The van der Waals surface area contributed by atoms with E-state index in [2.05, 4.69) is 26.4 Å². The van der Waals surface area contributed by atoms with Crippen LogP contribution in [0, 0.1) is 12.3 Å². The Morgan fingerprint density at radius 2 is 2.06 bits per heavy atom. The zero-order valence-corrected chi connectivity index (χ0v) is 19.8. The van der Waals surface area contributed by atoms with Gasteiger partial charge in [0.2, 0.25) is 0 Å². The third kappa shape index (κ3) is 5.05. The van der Waals surface area contributed by atoms with E-state index in [0.717, 1.165) is 30.9 Å². The second kappa shape index (κ2) is 9.94. The summed E-state index contributed by atoms with van der Waals surface area (Å²) in [6, 6.07) is 14.9. The molecule has 1 saturated heterocycles. The van der Waals surface area contributed by atoms with Gasteiger partial charge in [-0.15, -0.1) is 17.8 Å². The van der Waals surface area contributed by atoms with Gasteiger partial charge < -0.3 is 15.3 Å². The first kappa shape index (κ1) is 23.3. The number of halogens is 1. The van der Waals surface area contributed by atoms with Crippen LogP contribution in [-0.2, 0) is 5.41 Å². The summed E-state index contributed by atoms with van der Waals surface area (Å²) in [6.07, 6.45) is 5.88. The van der Waals surface area contributed by atoms with Crippen molar-refractivity contribution in [3.05, 3.63) is 75.8 Å². The molecule has 4 rings (SSSR count). The van der Waals surface area contributed by atoms with E-state index in [-0.39, 0.29) is 18.6 Å². The molecule has 1 fully saturated rings. The van der Waals surface area contributed by atoms with Crippen LogP contribution in [0.25, 0.3) is 0 Å². The third-order valence-corrected chi connectivity index (χ3v) is 6.93. The Bertz CT molecular complexity index is 1160. The average Bonchev–Trinajstić information content (AvgIpc) is 3.33. The lowest BCUT2D eigenvalue weighted by atomic mass is 9.81. The van der Waals surface area contributed by atoms with Crippen molar-refractivity contribution in [3.63, 3.8) is 0 Å². The van der Waals surface area contributed by atoms with Gasteiger partial charge in [0.15, 0.2) is 5.13 Å². The molecule has 2 aromatic carbocycles. The highest BCUT2D eigenvalue weighted by Gasteiger charge is 2.29. The fraction of sp³-hybridized carbons (Fsp3) is 0.280.